The van der Waals surface area contributed by atoms with Gasteiger partial charge in [-0.15, -0.1) is 0 Å². The summed E-state index contributed by atoms with van der Waals surface area (Å²) in [6, 6.07) is 13.2. The molecule has 2 saturated heterocycles. The number of pyridine rings is 1. The van der Waals surface area contributed by atoms with E-state index >= 15 is 0 Å². The zero-order chi connectivity index (χ0) is 20.7. The molecule has 0 bridgehead atoms. The second-order valence-corrected chi connectivity index (χ2v) is 10.2. The normalized spacial score (nSPS) is 21.9. The average Bonchev–Trinajstić information content (AvgIpc) is 3.42. The van der Waals surface area contributed by atoms with Gasteiger partial charge in [0.25, 0.3) is 5.91 Å². The number of hydrogen-bond acceptors (Lipinski definition) is 6. The van der Waals surface area contributed by atoms with Crippen LogP contribution >= 0.6 is 0 Å². The number of fused-ring (bicyclic) bond motifs is 1. The molecular weight excluding hydrogens is 402 g/mol. The standard InChI is InChI=1S/C22H23N3O4S/c26-22(25-10-8-24(9-11-25)16-7-13-30(27,28)15-16)18-14-20(21-6-3-12-29-21)23-19-5-2-1-4-17(18)19/h1-6,12,14,16H,7-11,13,15H2. The fraction of sp³-hybridized carbons (Fsp3) is 0.364. The summed E-state index contributed by atoms with van der Waals surface area (Å²) in [6.45, 7) is 2.56. The fourth-order valence-electron chi connectivity index (χ4n) is 4.43. The van der Waals surface area contributed by atoms with E-state index in [0.29, 0.717) is 49.6 Å². The van der Waals surface area contributed by atoms with Crippen molar-refractivity contribution in [1.29, 1.82) is 0 Å². The highest BCUT2D eigenvalue weighted by atomic mass is 32.2. The molecule has 0 aliphatic carbocycles. The van der Waals surface area contributed by atoms with Crippen LogP contribution in [0.4, 0.5) is 0 Å². The lowest BCUT2D eigenvalue weighted by molar-refractivity contribution is 0.0589. The molecule has 2 aliphatic heterocycles. The fourth-order valence-corrected chi connectivity index (χ4v) is 6.19. The number of para-hydroxylation sites is 1. The summed E-state index contributed by atoms with van der Waals surface area (Å²) in [5.74, 6) is 1.11. The molecule has 0 radical (unpaired) electrons. The minimum atomic E-state index is -2.91. The van der Waals surface area contributed by atoms with Crippen LogP contribution in [0, 0.1) is 0 Å². The number of nitrogens with zero attached hydrogens (tertiary/aromatic N) is 3. The zero-order valence-electron chi connectivity index (χ0n) is 16.5. The Morgan fingerprint density at radius 1 is 1.07 bits per heavy atom. The van der Waals surface area contributed by atoms with E-state index in [0.717, 1.165) is 10.9 Å². The van der Waals surface area contributed by atoms with Gasteiger partial charge in [-0.25, -0.2) is 13.4 Å². The Morgan fingerprint density at radius 3 is 2.57 bits per heavy atom. The minimum Gasteiger partial charge on any atom is -0.463 e. The summed E-state index contributed by atoms with van der Waals surface area (Å²) < 4.78 is 29.1. The van der Waals surface area contributed by atoms with Gasteiger partial charge in [0.2, 0.25) is 0 Å². The quantitative estimate of drug-likeness (QED) is 0.641. The molecule has 7 nitrogen and oxygen atoms in total. The maximum atomic E-state index is 13.4. The summed E-state index contributed by atoms with van der Waals surface area (Å²) in [6.07, 6.45) is 2.29. The van der Waals surface area contributed by atoms with Crippen molar-refractivity contribution in [3.63, 3.8) is 0 Å². The van der Waals surface area contributed by atoms with E-state index in [-0.39, 0.29) is 23.5 Å². The monoisotopic (exact) mass is 425 g/mol. The van der Waals surface area contributed by atoms with E-state index in [1.807, 2.05) is 35.2 Å². The SMILES string of the molecule is O=C(c1cc(-c2ccco2)nc2ccccc12)N1CCN(C2CCS(=O)(=O)C2)CC1. The largest absolute Gasteiger partial charge is 0.463 e. The Labute approximate surface area is 175 Å². The molecule has 4 heterocycles. The molecule has 1 amide bonds. The highest BCUT2D eigenvalue weighted by Crippen LogP contribution is 2.27. The van der Waals surface area contributed by atoms with Crippen LogP contribution in [0.25, 0.3) is 22.4 Å². The maximum Gasteiger partial charge on any atom is 0.254 e. The molecule has 2 fully saturated rings. The summed E-state index contributed by atoms with van der Waals surface area (Å²) >= 11 is 0. The Hall–Kier alpha value is -2.71. The Bertz CT molecular complexity index is 1180. The van der Waals surface area contributed by atoms with Crippen molar-refractivity contribution in [2.75, 3.05) is 37.7 Å². The van der Waals surface area contributed by atoms with Crippen molar-refractivity contribution in [2.24, 2.45) is 0 Å². The van der Waals surface area contributed by atoms with Gasteiger partial charge in [-0.05, 0) is 30.7 Å². The van der Waals surface area contributed by atoms with Crippen molar-refractivity contribution in [3.8, 4) is 11.5 Å². The van der Waals surface area contributed by atoms with Crippen molar-refractivity contribution in [1.82, 2.24) is 14.8 Å². The third-order valence-corrected chi connectivity index (χ3v) is 7.80. The molecule has 8 heteroatoms. The Balaban J connectivity index is 1.39. The highest BCUT2D eigenvalue weighted by molar-refractivity contribution is 7.91. The lowest BCUT2D eigenvalue weighted by atomic mass is 10.0. The number of furan rings is 1. The minimum absolute atomic E-state index is 0.0277. The number of piperazine rings is 1. The second-order valence-electron chi connectivity index (χ2n) is 7.93. The van der Waals surface area contributed by atoms with Gasteiger partial charge in [0, 0.05) is 37.6 Å². The highest BCUT2D eigenvalue weighted by Gasteiger charge is 2.34. The summed E-state index contributed by atoms with van der Waals surface area (Å²) in [4.78, 5) is 22.1. The molecule has 0 spiro atoms. The van der Waals surface area contributed by atoms with Gasteiger partial charge < -0.3 is 9.32 Å². The van der Waals surface area contributed by atoms with Crippen LogP contribution in [0.1, 0.15) is 16.8 Å². The van der Waals surface area contributed by atoms with Crippen LogP contribution in [-0.2, 0) is 9.84 Å². The second kappa shape index (κ2) is 7.52. The van der Waals surface area contributed by atoms with Crippen molar-refractivity contribution < 1.29 is 17.6 Å². The summed E-state index contributed by atoms with van der Waals surface area (Å²) in [7, 11) is -2.91. The van der Waals surface area contributed by atoms with E-state index in [2.05, 4.69) is 9.88 Å². The molecule has 0 saturated carbocycles. The molecule has 156 valence electrons. The number of hydrogen-bond donors (Lipinski definition) is 0. The smallest absolute Gasteiger partial charge is 0.254 e. The average molecular weight is 426 g/mol. The number of sulfone groups is 1. The first-order chi connectivity index (χ1) is 14.5. The van der Waals surface area contributed by atoms with Gasteiger partial charge in [-0.2, -0.15) is 0 Å². The molecule has 2 aliphatic rings. The summed E-state index contributed by atoms with van der Waals surface area (Å²) in [5.41, 5.74) is 2.00. The van der Waals surface area contributed by atoms with Gasteiger partial charge in [0.1, 0.15) is 5.69 Å². The number of carbonyl (C=O) groups excluding carboxylic acids is 1. The van der Waals surface area contributed by atoms with Crippen LogP contribution in [0.15, 0.2) is 53.1 Å². The van der Waals surface area contributed by atoms with Crippen LogP contribution in [0.2, 0.25) is 0 Å². The number of rotatable bonds is 3. The molecule has 1 unspecified atom stereocenters. The van der Waals surface area contributed by atoms with Crippen molar-refractivity contribution >= 4 is 26.6 Å². The first-order valence-electron chi connectivity index (χ1n) is 10.2. The van der Waals surface area contributed by atoms with E-state index in [9.17, 15) is 13.2 Å². The topological polar surface area (TPSA) is 83.7 Å². The van der Waals surface area contributed by atoms with Gasteiger partial charge in [0.15, 0.2) is 15.6 Å². The van der Waals surface area contributed by atoms with E-state index in [4.69, 9.17) is 4.42 Å². The number of amides is 1. The first-order valence-corrected chi connectivity index (χ1v) is 12.0. The summed E-state index contributed by atoms with van der Waals surface area (Å²) in [5, 5.41) is 0.821. The molecule has 1 aromatic carbocycles. The van der Waals surface area contributed by atoms with E-state index in [1.54, 1.807) is 18.4 Å². The van der Waals surface area contributed by atoms with Crippen LogP contribution in [0.5, 0.6) is 0 Å². The van der Waals surface area contributed by atoms with Crippen LogP contribution in [0.3, 0.4) is 0 Å². The van der Waals surface area contributed by atoms with E-state index < -0.39 is 9.84 Å². The van der Waals surface area contributed by atoms with Crippen LogP contribution in [-0.4, -0.2) is 72.8 Å². The zero-order valence-corrected chi connectivity index (χ0v) is 17.3. The lowest BCUT2D eigenvalue weighted by Crippen LogP contribution is -2.52. The molecular formula is C22H23N3O4S. The molecule has 3 aromatic rings. The number of aromatic nitrogens is 1. The third-order valence-electron chi connectivity index (χ3n) is 6.05. The molecule has 30 heavy (non-hydrogen) atoms. The van der Waals surface area contributed by atoms with Crippen molar-refractivity contribution in [2.45, 2.75) is 12.5 Å². The van der Waals surface area contributed by atoms with Gasteiger partial charge >= 0.3 is 0 Å². The molecule has 5 rings (SSSR count). The predicted molar refractivity (Wildman–Crippen MR) is 114 cm³/mol. The predicted octanol–water partition coefficient (Wildman–Crippen LogP) is 2.44. The number of benzene rings is 1. The van der Waals surface area contributed by atoms with Crippen LogP contribution < -0.4 is 0 Å². The van der Waals surface area contributed by atoms with E-state index in [1.165, 1.54) is 0 Å². The molecule has 1 atom stereocenters. The maximum absolute atomic E-state index is 13.4. The molecule has 2 aromatic heterocycles. The number of carbonyl (C=O) groups is 1. The Kier molecular flexibility index (Phi) is 4.83. The third kappa shape index (κ3) is 3.61. The lowest BCUT2D eigenvalue weighted by Gasteiger charge is -2.37. The van der Waals surface area contributed by atoms with Gasteiger partial charge in [-0.1, -0.05) is 18.2 Å². The first kappa shape index (κ1) is 19.3. The van der Waals surface area contributed by atoms with Gasteiger partial charge in [0.05, 0.1) is 28.8 Å². The van der Waals surface area contributed by atoms with Crippen molar-refractivity contribution in [3.05, 3.63) is 54.3 Å². The molecule has 0 N–H and O–H groups in total. The van der Waals surface area contributed by atoms with Gasteiger partial charge in [-0.3, -0.25) is 9.69 Å². The Morgan fingerprint density at radius 2 is 1.87 bits per heavy atom.